The fourth-order valence-corrected chi connectivity index (χ4v) is 3.16. The van der Waals surface area contributed by atoms with Gasteiger partial charge in [-0.1, -0.05) is 47.5 Å². The lowest BCUT2D eigenvalue weighted by atomic mass is 9.99. The third-order valence-corrected chi connectivity index (χ3v) is 4.81. The van der Waals surface area contributed by atoms with Gasteiger partial charge in [-0.2, -0.15) is 0 Å². The molecule has 1 aromatic heterocycles. The molecule has 0 unspecified atom stereocenters. The van der Waals surface area contributed by atoms with Crippen molar-refractivity contribution in [2.24, 2.45) is 0 Å². The van der Waals surface area contributed by atoms with Gasteiger partial charge in [0, 0.05) is 23.2 Å². The molecule has 142 valence electrons. The molecule has 0 aliphatic carbocycles. The molecule has 4 nitrogen and oxygen atoms in total. The van der Waals surface area contributed by atoms with Crippen molar-refractivity contribution in [1.29, 1.82) is 0 Å². The van der Waals surface area contributed by atoms with Crippen LogP contribution in [0.1, 0.15) is 44.3 Å². The standard InChI is InChI=1S/C23H21ClN2O2/c1-4-25-23(28)17-10-7-15(3)19(13-17)20-12-11-18(22(24)26-20)21(27)16-8-5-14(2)6-9-16/h5-13H,4H2,1-3H3,(H,25,28). The minimum atomic E-state index is -0.170. The van der Waals surface area contributed by atoms with Gasteiger partial charge in [-0.3, -0.25) is 9.59 Å². The first-order valence-corrected chi connectivity index (χ1v) is 9.45. The molecule has 5 heteroatoms. The number of amides is 1. The van der Waals surface area contributed by atoms with Crippen LogP contribution in [0.2, 0.25) is 5.15 Å². The van der Waals surface area contributed by atoms with Gasteiger partial charge in [-0.15, -0.1) is 0 Å². The molecule has 1 amide bonds. The number of aryl methyl sites for hydroxylation is 2. The van der Waals surface area contributed by atoms with E-state index in [2.05, 4.69) is 10.3 Å². The molecular weight excluding hydrogens is 372 g/mol. The highest BCUT2D eigenvalue weighted by molar-refractivity contribution is 6.34. The fraction of sp³-hybridized carbons (Fsp3) is 0.174. The smallest absolute Gasteiger partial charge is 0.251 e. The van der Waals surface area contributed by atoms with Gasteiger partial charge < -0.3 is 5.32 Å². The number of nitrogens with one attached hydrogen (secondary N) is 1. The first kappa shape index (κ1) is 19.8. The number of hydrogen-bond donors (Lipinski definition) is 1. The van der Waals surface area contributed by atoms with Gasteiger partial charge in [0.1, 0.15) is 5.15 Å². The number of pyridine rings is 1. The second-order valence-electron chi connectivity index (χ2n) is 6.62. The normalized spacial score (nSPS) is 10.6. The van der Waals surface area contributed by atoms with Crippen molar-refractivity contribution in [3.05, 3.63) is 87.6 Å². The molecule has 1 heterocycles. The van der Waals surface area contributed by atoms with Crippen molar-refractivity contribution < 1.29 is 9.59 Å². The topological polar surface area (TPSA) is 59.1 Å². The Morgan fingerprint density at radius 1 is 0.964 bits per heavy atom. The van der Waals surface area contributed by atoms with Crippen molar-refractivity contribution in [2.45, 2.75) is 20.8 Å². The van der Waals surface area contributed by atoms with Crippen LogP contribution in [0.3, 0.4) is 0 Å². The fourth-order valence-electron chi connectivity index (χ4n) is 2.92. The summed E-state index contributed by atoms with van der Waals surface area (Å²) in [6.07, 6.45) is 0. The molecule has 0 fully saturated rings. The van der Waals surface area contributed by atoms with Crippen LogP contribution in [-0.4, -0.2) is 23.2 Å². The zero-order valence-electron chi connectivity index (χ0n) is 16.0. The van der Waals surface area contributed by atoms with E-state index in [-0.39, 0.29) is 16.8 Å². The summed E-state index contributed by atoms with van der Waals surface area (Å²) in [7, 11) is 0. The van der Waals surface area contributed by atoms with Crippen molar-refractivity contribution in [2.75, 3.05) is 6.54 Å². The zero-order chi connectivity index (χ0) is 20.3. The summed E-state index contributed by atoms with van der Waals surface area (Å²) in [4.78, 5) is 29.3. The van der Waals surface area contributed by atoms with E-state index in [4.69, 9.17) is 11.6 Å². The number of nitrogens with zero attached hydrogens (tertiary/aromatic N) is 1. The summed E-state index contributed by atoms with van der Waals surface area (Å²) in [5.74, 6) is -0.308. The minimum absolute atomic E-state index is 0.138. The molecule has 0 bridgehead atoms. The van der Waals surface area contributed by atoms with E-state index in [0.29, 0.717) is 28.9 Å². The lowest BCUT2D eigenvalue weighted by Crippen LogP contribution is -2.22. The number of carbonyl (C=O) groups is 2. The SMILES string of the molecule is CCNC(=O)c1ccc(C)c(-c2ccc(C(=O)c3ccc(C)cc3)c(Cl)n2)c1. The molecule has 0 spiro atoms. The lowest BCUT2D eigenvalue weighted by molar-refractivity contribution is 0.0955. The molecule has 0 saturated heterocycles. The largest absolute Gasteiger partial charge is 0.352 e. The summed E-state index contributed by atoms with van der Waals surface area (Å²) in [5.41, 5.74) is 4.95. The lowest BCUT2D eigenvalue weighted by Gasteiger charge is -2.10. The summed E-state index contributed by atoms with van der Waals surface area (Å²) in [6.45, 7) is 6.34. The zero-order valence-corrected chi connectivity index (χ0v) is 16.8. The summed E-state index contributed by atoms with van der Waals surface area (Å²) in [5, 5.41) is 2.93. The highest BCUT2D eigenvalue weighted by Crippen LogP contribution is 2.27. The van der Waals surface area contributed by atoms with E-state index in [1.165, 1.54) is 0 Å². The van der Waals surface area contributed by atoms with E-state index in [0.717, 1.165) is 16.7 Å². The van der Waals surface area contributed by atoms with Crippen LogP contribution >= 0.6 is 11.6 Å². The summed E-state index contributed by atoms with van der Waals surface area (Å²) < 4.78 is 0. The van der Waals surface area contributed by atoms with Gasteiger partial charge in [0.15, 0.2) is 5.78 Å². The molecule has 0 aliphatic heterocycles. The molecule has 3 rings (SSSR count). The second-order valence-corrected chi connectivity index (χ2v) is 6.98. The number of halogens is 1. The molecule has 2 aromatic carbocycles. The van der Waals surface area contributed by atoms with Crippen molar-refractivity contribution in [1.82, 2.24) is 10.3 Å². The van der Waals surface area contributed by atoms with Crippen LogP contribution < -0.4 is 5.32 Å². The molecule has 3 aromatic rings. The molecule has 0 radical (unpaired) electrons. The average Bonchev–Trinajstić information content (AvgIpc) is 2.68. The van der Waals surface area contributed by atoms with Crippen LogP contribution in [0, 0.1) is 13.8 Å². The van der Waals surface area contributed by atoms with Crippen molar-refractivity contribution in [3.63, 3.8) is 0 Å². The maximum absolute atomic E-state index is 12.7. The van der Waals surface area contributed by atoms with E-state index in [1.807, 2.05) is 39.0 Å². The van der Waals surface area contributed by atoms with Gasteiger partial charge in [-0.05, 0) is 50.6 Å². The maximum Gasteiger partial charge on any atom is 0.251 e. The molecule has 0 atom stereocenters. The number of rotatable bonds is 5. The maximum atomic E-state index is 12.7. The Balaban J connectivity index is 1.96. The van der Waals surface area contributed by atoms with E-state index < -0.39 is 0 Å². The molecular formula is C23H21ClN2O2. The number of ketones is 1. The van der Waals surface area contributed by atoms with Crippen molar-refractivity contribution >= 4 is 23.3 Å². The first-order valence-electron chi connectivity index (χ1n) is 9.08. The molecule has 0 aliphatic rings. The average molecular weight is 393 g/mol. The first-order chi connectivity index (χ1) is 13.4. The Morgan fingerprint density at radius 3 is 2.29 bits per heavy atom. The monoisotopic (exact) mass is 392 g/mol. The predicted molar refractivity (Wildman–Crippen MR) is 112 cm³/mol. The van der Waals surface area contributed by atoms with Gasteiger partial charge >= 0.3 is 0 Å². The molecule has 1 N–H and O–H groups in total. The minimum Gasteiger partial charge on any atom is -0.352 e. The number of aromatic nitrogens is 1. The van der Waals surface area contributed by atoms with E-state index >= 15 is 0 Å². The Labute approximate surface area is 169 Å². The van der Waals surface area contributed by atoms with Gasteiger partial charge in [0.25, 0.3) is 5.91 Å². The van der Waals surface area contributed by atoms with Gasteiger partial charge in [-0.25, -0.2) is 4.98 Å². The molecule has 0 saturated carbocycles. The molecule has 28 heavy (non-hydrogen) atoms. The number of carbonyl (C=O) groups excluding carboxylic acids is 2. The van der Waals surface area contributed by atoms with Gasteiger partial charge in [0.2, 0.25) is 0 Å². The summed E-state index contributed by atoms with van der Waals surface area (Å²) >= 11 is 6.35. The highest BCUT2D eigenvalue weighted by atomic mass is 35.5. The van der Waals surface area contributed by atoms with Crippen LogP contribution in [-0.2, 0) is 0 Å². The Kier molecular flexibility index (Phi) is 5.90. The Bertz CT molecular complexity index is 1040. The quantitative estimate of drug-likeness (QED) is 0.491. The van der Waals surface area contributed by atoms with Crippen LogP contribution in [0.4, 0.5) is 0 Å². The third-order valence-electron chi connectivity index (χ3n) is 4.52. The Hall–Kier alpha value is -2.98. The third kappa shape index (κ3) is 4.12. The van der Waals surface area contributed by atoms with Crippen LogP contribution in [0.25, 0.3) is 11.3 Å². The van der Waals surface area contributed by atoms with E-state index in [1.54, 1.807) is 36.4 Å². The van der Waals surface area contributed by atoms with Gasteiger partial charge in [0.05, 0.1) is 11.3 Å². The number of hydrogen-bond acceptors (Lipinski definition) is 3. The Morgan fingerprint density at radius 2 is 1.64 bits per heavy atom. The number of benzene rings is 2. The van der Waals surface area contributed by atoms with E-state index in [9.17, 15) is 9.59 Å². The van der Waals surface area contributed by atoms with Crippen LogP contribution in [0.15, 0.2) is 54.6 Å². The second kappa shape index (κ2) is 8.36. The van der Waals surface area contributed by atoms with Crippen molar-refractivity contribution in [3.8, 4) is 11.3 Å². The predicted octanol–water partition coefficient (Wildman–Crippen LogP) is 5.00. The van der Waals surface area contributed by atoms with Crippen LogP contribution in [0.5, 0.6) is 0 Å². The summed E-state index contributed by atoms with van der Waals surface area (Å²) in [6, 6.07) is 16.2. The highest BCUT2D eigenvalue weighted by Gasteiger charge is 2.16.